The van der Waals surface area contributed by atoms with Crippen molar-refractivity contribution in [2.45, 2.75) is 91.9 Å². The van der Waals surface area contributed by atoms with E-state index in [0.717, 1.165) is 19.3 Å². The zero-order chi connectivity index (χ0) is 27.7. The molecule has 0 amide bonds. The maximum absolute atomic E-state index is 10.4. The molecule has 0 aromatic heterocycles. The molecule has 0 rings (SSSR count). The molecule has 0 fully saturated rings. The lowest BCUT2D eigenvalue weighted by Gasteiger charge is -2.05. The molecule has 0 aromatic rings. The van der Waals surface area contributed by atoms with Crippen molar-refractivity contribution in [2.75, 3.05) is 0 Å². The molecule has 0 heterocycles. The largest absolute Gasteiger partial charge is 0.481 e. The van der Waals surface area contributed by atoms with E-state index in [0.29, 0.717) is 25.7 Å². The minimum atomic E-state index is -1.06. The normalized spacial score (nSPS) is 10.9. The minimum Gasteiger partial charge on any atom is -0.481 e. The van der Waals surface area contributed by atoms with E-state index in [-0.39, 0.29) is 19.3 Å². The second-order valence-electron chi connectivity index (χ2n) is 7.06. The maximum Gasteiger partial charge on any atom is 0.307 e. The summed E-state index contributed by atoms with van der Waals surface area (Å²) in [5.74, 6) is -6.60. The topological polar surface area (TPSA) is 224 Å². The Morgan fingerprint density at radius 1 is 0.529 bits per heavy atom. The first-order valence-electron chi connectivity index (χ1n) is 11.0. The Kier molecular flexibility index (Phi) is 29.2. The van der Waals surface area contributed by atoms with E-state index in [9.17, 15) is 28.8 Å². The summed E-state index contributed by atoms with van der Waals surface area (Å²) in [5.41, 5.74) is 0. The van der Waals surface area contributed by atoms with Gasteiger partial charge in [0, 0.05) is 19.3 Å². The van der Waals surface area contributed by atoms with E-state index in [1.54, 1.807) is 13.8 Å². The van der Waals surface area contributed by atoms with Gasteiger partial charge in [-0.25, -0.2) is 0 Å². The highest BCUT2D eigenvalue weighted by atomic mass is 16.4. The molecular formula is C22H40O12. The van der Waals surface area contributed by atoms with Crippen LogP contribution in [-0.2, 0) is 28.8 Å². The van der Waals surface area contributed by atoms with Gasteiger partial charge in [0.1, 0.15) is 0 Å². The molecule has 0 saturated heterocycles. The van der Waals surface area contributed by atoms with Crippen LogP contribution in [0, 0.1) is 11.8 Å². The number of hydrogen-bond donors (Lipinski definition) is 6. The summed E-state index contributed by atoms with van der Waals surface area (Å²) in [4.78, 5) is 60.0. The zero-order valence-electron chi connectivity index (χ0n) is 20.4. The van der Waals surface area contributed by atoms with Crippen molar-refractivity contribution >= 4 is 35.8 Å². The minimum absolute atomic E-state index is 0.0647. The summed E-state index contributed by atoms with van der Waals surface area (Å²) < 4.78 is 0. The summed E-state index contributed by atoms with van der Waals surface area (Å²) in [6.45, 7) is 7.21. The van der Waals surface area contributed by atoms with Gasteiger partial charge in [-0.15, -0.1) is 0 Å². The number of hydrogen-bond acceptors (Lipinski definition) is 6. The third-order valence-corrected chi connectivity index (χ3v) is 4.02. The molecule has 0 bridgehead atoms. The molecule has 6 N–H and O–H groups in total. The van der Waals surface area contributed by atoms with Gasteiger partial charge in [0.15, 0.2) is 0 Å². The fourth-order valence-electron chi connectivity index (χ4n) is 1.96. The van der Waals surface area contributed by atoms with Crippen molar-refractivity contribution in [3.05, 3.63) is 0 Å². The van der Waals surface area contributed by atoms with Gasteiger partial charge in [0.05, 0.1) is 18.3 Å². The molecule has 0 spiro atoms. The smallest absolute Gasteiger partial charge is 0.307 e. The van der Waals surface area contributed by atoms with Gasteiger partial charge in [0.25, 0.3) is 0 Å². The molecular weight excluding hydrogens is 456 g/mol. The molecule has 0 aliphatic carbocycles. The van der Waals surface area contributed by atoms with Gasteiger partial charge in [-0.1, -0.05) is 34.1 Å². The second kappa shape index (κ2) is 26.1. The van der Waals surface area contributed by atoms with Gasteiger partial charge >= 0.3 is 35.8 Å². The van der Waals surface area contributed by atoms with Crippen LogP contribution in [0.5, 0.6) is 0 Å². The molecule has 0 aliphatic heterocycles. The summed E-state index contributed by atoms with van der Waals surface area (Å²) in [6, 6.07) is 0. The van der Waals surface area contributed by atoms with Gasteiger partial charge in [-0.3, -0.25) is 28.8 Å². The first-order valence-corrected chi connectivity index (χ1v) is 11.0. The fraction of sp³-hybridized carbons (Fsp3) is 0.727. The molecule has 0 radical (unpaired) electrons. The number of carbonyl (C=O) groups is 6. The average Bonchev–Trinajstić information content (AvgIpc) is 2.71. The lowest BCUT2D eigenvalue weighted by Crippen LogP contribution is -2.16. The zero-order valence-corrected chi connectivity index (χ0v) is 20.4. The summed E-state index contributed by atoms with van der Waals surface area (Å²) in [5, 5.41) is 49.3. The monoisotopic (exact) mass is 496 g/mol. The lowest BCUT2D eigenvalue weighted by molar-refractivity contribution is -0.148. The number of aliphatic carboxylic acids is 6. The van der Waals surface area contributed by atoms with Gasteiger partial charge < -0.3 is 30.6 Å². The molecule has 2 unspecified atom stereocenters. The maximum atomic E-state index is 10.4. The highest BCUT2D eigenvalue weighted by molar-refractivity contribution is 5.77. The summed E-state index contributed by atoms with van der Waals surface area (Å²) >= 11 is 0. The predicted molar refractivity (Wildman–Crippen MR) is 122 cm³/mol. The van der Waals surface area contributed by atoms with Gasteiger partial charge in [-0.05, 0) is 32.1 Å². The fourth-order valence-corrected chi connectivity index (χ4v) is 1.96. The molecule has 34 heavy (non-hydrogen) atoms. The van der Waals surface area contributed by atoms with Crippen LogP contribution in [-0.4, -0.2) is 66.5 Å². The van der Waals surface area contributed by atoms with Crippen LogP contribution >= 0.6 is 0 Å². The van der Waals surface area contributed by atoms with E-state index in [4.69, 9.17) is 30.6 Å². The summed E-state index contributed by atoms with van der Waals surface area (Å²) in [6.07, 6.45) is 3.83. The highest BCUT2D eigenvalue weighted by Crippen LogP contribution is 2.10. The number of carboxylic acid groups (broad SMARTS) is 6. The Hall–Kier alpha value is -3.18. The van der Waals surface area contributed by atoms with Gasteiger partial charge in [0.2, 0.25) is 0 Å². The van der Waals surface area contributed by atoms with Crippen LogP contribution in [0.15, 0.2) is 0 Å². The van der Waals surface area contributed by atoms with Crippen molar-refractivity contribution in [3.8, 4) is 0 Å². The third-order valence-electron chi connectivity index (χ3n) is 4.02. The Morgan fingerprint density at radius 2 is 0.941 bits per heavy atom. The van der Waals surface area contributed by atoms with E-state index < -0.39 is 47.7 Å². The van der Waals surface area contributed by atoms with Crippen LogP contribution in [0.4, 0.5) is 0 Å². The van der Waals surface area contributed by atoms with Crippen LogP contribution < -0.4 is 0 Å². The van der Waals surface area contributed by atoms with Crippen molar-refractivity contribution in [1.29, 1.82) is 0 Å². The Bertz CT molecular complexity index is 601. The number of rotatable bonds is 14. The average molecular weight is 497 g/mol. The van der Waals surface area contributed by atoms with Crippen LogP contribution in [0.1, 0.15) is 91.9 Å². The van der Waals surface area contributed by atoms with Crippen LogP contribution in [0.25, 0.3) is 0 Å². The first kappa shape index (κ1) is 38.1. The van der Waals surface area contributed by atoms with Crippen molar-refractivity contribution in [2.24, 2.45) is 11.8 Å². The molecule has 0 aliphatic rings. The molecule has 0 aromatic carbocycles. The standard InChI is InChI=1S/C7H12O4.C6H10O4.C5H10O2.C4H8O2/c1-2-5(7(10)11)3-4-6(8)9;1-2-4(6(9)10)3-5(7)8;1-2-3-4-5(6)7;1-2-3-4(5)6/h5H,2-4H2,1H3,(H,8,9)(H,10,11);4H,2-3H2,1H3,(H,7,8)(H,9,10);2-4H2,1H3,(H,6,7);2-3H2,1H3,(H,5,6). The Balaban J connectivity index is -0.000000182. The Labute approximate surface area is 199 Å². The lowest BCUT2D eigenvalue weighted by atomic mass is 10.0. The van der Waals surface area contributed by atoms with Gasteiger partial charge in [-0.2, -0.15) is 0 Å². The van der Waals surface area contributed by atoms with Crippen LogP contribution in [0.3, 0.4) is 0 Å². The third kappa shape index (κ3) is 36.2. The van der Waals surface area contributed by atoms with E-state index in [1.165, 1.54) is 0 Å². The van der Waals surface area contributed by atoms with Crippen LogP contribution in [0.2, 0.25) is 0 Å². The SMILES string of the molecule is CCC(CC(=O)O)C(=O)O.CCC(CCC(=O)O)C(=O)O.CCCC(=O)O.CCCCC(=O)O. The summed E-state index contributed by atoms with van der Waals surface area (Å²) in [7, 11) is 0. The molecule has 200 valence electrons. The number of unbranched alkanes of at least 4 members (excludes halogenated alkanes) is 1. The first-order chi connectivity index (χ1) is 15.7. The van der Waals surface area contributed by atoms with E-state index >= 15 is 0 Å². The molecule has 0 saturated carbocycles. The quantitative estimate of drug-likeness (QED) is 0.202. The van der Waals surface area contributed by atoms with Crippen molar-refractivity contribution < 1.29 is 59.4 Å². The predicted octanol–water partition coefficient (Wildman–Crippen LogP) is 3.67. The van der Waals surface area contributed by atoms with Crippen molar-refractivity contribution in [3.63, 3.8) is 0 Å². The molecule has 12 heteroatoms. The van der Waals surface area contributed by atoms with E-state index in [2.05, 4.69) is 0 Å². The molecule has 12 nitrogen and oxygen atoms in total. The van der Waals surface area contributed by atoms with Crippen molar-refractivity contribution in [1.82, 2.24) is 0 Å². The second-order valence-corrected chi connectivity index (χ2v) is 7.06. The van der Waals surface area contributed by atoms with E-state index in [1.807, 2.05) is 13.8 Å². The molecule has 2 atom stereocenters. The Morgan fingerprint density at radius 3 is 1.09 bits per heavy atom. The highest BCUT2D eigenvalue weighted by Gasteiger charge is 2.18. The number of carboxylic acids is 6.